The van der Waals surface area contributed by atoms with E-state index in [9.17, 15) is 19.1 Å². The predicted octanol–water partition coefficient (Wildman–Crippen LogP) is 3.75. The first kappa shape index (κ1) is 20.1. The molecule has 0 bridgehead atoms. The summed E-state index contributed by atoms with van der Waals surface area (Å²) in [6.07, 6.45) is 3.59. The topological polar surface area (TPSA) is 78.9 Å². The molecule has 29 heavy (non-hydrogen) atoms. The lowest BCUT2D eigenvalue weighted by Crippen LogP contribution is -2.30. The molecule has 6 nitrogen and oxygen atoms in total. The summed E-state index contributed by atoms with van der Waals surface area (Å²) < 4.78 is 18.5. The zero-order valence-corrected chi connectivity index (χ0v) is 15.9. The van der Waals surface area contributed by atoms with Crippen LogP contribution in [0.4, 0.5) is 9.18 Å². The molecule has 1 fully saturated rings. The van der Waals surface area contributed by atoms with E-state index in [4.69, 9.17) is 4.74 Å². The second-order valence-electron chi connectivity index (χ2n) is 6.46. The van der Waals surface area contributed by atoms with Gasteiger partial charge >= 0.3 is 6.03 Å². The summed E-state index contributed by atoms with van der Waals surface area (Å²) in [6, 6.07) is 8.34. The summed E-state index contributed by atoms with van der Waals surface area (Å²) in [6.45, 7) is 5.87. The van der Waals surface area contributed by atoms with E-state index in [2.05, 4.69) is 11.9 Å². The molecule has 0 atom stereocenters. The quantitative estimate of drug-likeness (QED) is 0.424. The first-order valence-corrected chi connectivity index (χ1v) is 9.11. The molecule has 0 aromatic heterocycles. The number of phenols is 1. The van der Waals surface area contributed by atoms with Crippen molar-refractivity contribution in [1.82, 2.24) is 10.2 Å². The molecule has 2 aromatic carbocycles. The lowest BCUT2D eigenvalue weighted by molar-refractivity contribution is -0.123. The second-order valence-corrected chi connectivity index (χ2v) is 6.46. The highest BCUT2D eigenvalue weighted by Gasteiger charge is 2.33. The molecule has 7 heteroatoms. The van der Waals surface area contributed by atoms with Crippen LogP contribution >= 0.6 is 0 Å². The van der Waals surface area contributed by atoms with Crippen LogP contribution in [0.15, 0.2) is 54.8 Å². The molecule has 0 aliphatic carbocycles. The number of phenolic OH excluding ortho intramolecular Hbond substituents is 1. The summed E-state index contributed by atoms with van der Waals surface area (Å²) in [5.41, 5.74) is 1.93. The number of nitrogens with zero attached hydrogens (tertiary/aromatic N) is 1. The lowest BCUT2D eigenvalue weighted by Gasteiger charge is -2.12. The zero-order chi connectivity index (χ0) is 21.0. The standard InChI is InChI=1S/C22H21FN2O4/c1-3-5-16-10-15(12-19(20(16)26)29-4-2)11-18-21(27)25(22(28)24-18)13-14-6-8-17(23)9-7-14/h3,6-12,26H,1,4-5,13H2,2H3,(H,24,28)/b18-11-. The number of allylic oxidation sites excluding steroid dienone is 1. The third-order valence-electron chi connectivity index (χ3n) is 4.37. The van der Waals surface area contributed by atoms with Crippen molar-refractivity contribution in [3.8, 4) is 11.5 Å². The van der Waals surface area contributed by atoms with E-state index < -0.39 is 11.9 Å². The number of hydrogen-bond acceptors (Lipinski definition) is 4. The summed E-state index contributed by atoms with van der Waals surface area (Å²) in [7, 11) is 0. The van der Waals surface area contributed by atoms with Crippen molar-refractivity contribution in [2.75, 3.05) is 6.61 Å². The maximum atomic E-state index is 13.1. The van der Waals surface area contributed by atoms with E-state index in [1.165, 1.54) is 30.3 Å². The zero-order valence-electron chi connectivity index (χ0n) is 15.9. The van der Waals surface area contributed by atoms with E-state index in [1.807, 2.05) is 0 Å². The number of imide groups is 1. The molecular formula is C22H21FN2O4. The molecule has 1 heterocycles. The third kappa shape index (κ3) is 4.45. The Kier molecular flexibility index (Phi) is 5.97. The highest BCUT2D eigenvalue weighted by atomic mass is 19.1. The van der Waals surface area contributed by atoms with Gasteiger partial charge < -0.3 is 15.2 Å². The third-order valence-corrected chi connectivity index (χ3v) is 4.37. The number of benzene rings is 2. The van der Waals surface area contributed by atoms with E-state index in [0.717, 1.165) is 4.90 Å². The van der Waals surface area contributed by atoms with Gasteiger partial charge in [0.15, 0.2) is 11.5 Å². The Morgan fingerprint density at radius 2 is 1.97 bits per heavy atom. The maximum Gasteiger partial charge on any atom is 0.329 e. The number of aromatic hydroxyl groups is 1. The van der Waals surface area contributed by atoms with Gasteiger partial charge in [-0.05, 0) is 54.8 Å². The SMILES string of the molecule is C=CCc1cc(/C=C2\NC(=O)N(Cc3ccc(F)cc3)C2=O)cc(OCC)c1O. The molecule has 150 valence electrons. The van der Waals surface area contributed by atoms with Gasteiger partial charge in [0.25, 0.3) is 5.91 Å². The van der Waals surface area contributed by atoms with Crippen LogP contribution in [-0.4, -0.2) is 28.6 Å². The molecule has 1 saturated heterocycles. The van der Waals surface area contributed by atoms with Crippen LogP contribution < -0.4 is 10.1 Å². The Morgan fingerprint density at radius 1 is 1.24 bits per heavy atom. The Balaban J connectivity index is 1.88. The van der Waals surface area contributed by atoms with Crippen LogP contribution in [0, 0.1) is 5.82 Å². The number of nitrogens with one attached hydrogen (secondary N) is 1. The van der Waals surface area contributed by atoms with Crippen molar-refractivity contribution in [2.45, 2.75) is 19.9 Å². The Morgan fingerprint density at radius 3 is 2.62 bits per heavy atom. The summed E-state index contributed by atoms with van der Waals surface area (Å²) in [5.74, 6) is -0.567. The molecule has 2 N–H and O–H groups in total. The van der Waals surface area contributed by atoms with Crippen molar-refractivity contribution < 1.29 is 23.8 Å². The molecule has 0 radical (unpaired) electrons. The lowest BCUT2D eigenvalue weighted by atomic mass is 10.0. The number of urea groups is 1. The number of rotatable bonds is 7. The molecule has 0 unspecified atom stereocenters. The highest BCUT2D eigenvalue weighted by Crippen LogP contribution is 2.33. The van der Waals surface area contributed by atoms with Gasteiger partial charge in [-0.25, -0.2) is 9.18 Å². The summed E-state index contributed by atoms with van der Waals surface area (Å²) in [5, 5.41) is 12.8. The number of hydrogen-bond donors (Lipinski definition) is 2. The van der Waals surface area contributed by atoms with Crippen LogP contribution in [0.25, 0.3) is 6.08 Å². The highest BCUT2D eigenvalue weighted by molar-refractivity contribution is 6.13. The van der Waals surface area contributed by atoms with Crippen LogP contribution in [0.3, 0.4) is 0 Å². The molecule has 3 amide bonds. The first-order chi connectivity index (χ1) is 13.9. The van der Waals surface area contributed by atoms with Gasteiger partial charge in [-0.3, -0.25) is 9.69 Å². The smallest absolute Gasteiger partial charge is 0.329 e. The van der Waals surface area contributed by atoms with Crippen LogP contribution in [0.5, 0.6) is 11.5 Å². The van der Waals surface area contributed by atoms with E-state index in [-0.39, 0.29) is 23.8 Å². The molecular weight excluding hydrogens is 375 g/mol. The van der Waals surface area contributed by atoms with Gasteiger partial charge in [0, 0.05) is 5.56 Å². The fourth-order valence-corrected chi connectivity index (χ4v) is 3.00. The minimum absolute atomic E-state index is 0.0219. The Labute approximate surface area is 167 Å². The minimum atomic E-state index is -0.555. The Hall–Kier alpha value is -3.61. The summed E-state index contributed by atoms with van der Waals surface area (Å²) in [4.78, 5) is 26.0. The van der Waals surface area contributed by atoms with E-state index in [0.29, 0.717) is 35.5 Å². The van der Waals surface area contributed by atoms with Gasteiger partial charge in [-0.2, -0.15) is 0 Å². The van der Waals surface area contributed by atoms with Crippen LogP contribution in [0.2, 0.25) is 0 Å². The van der Waals surface area contributed by atoms with Crippen molar-refractivity contribution in [3.63, 3.8) is 0 Å². The van der Waals surface area contributed by atoms with Gasteiger partial charge in [0.1, 0.15) is 11.5 Å². The molecule has 1 aliphatic rings. The number of carbonyl (C=O) groups is 2. The van der Waals surface area contributed by atoms with Crippen molar-refractivity contribution in [3.05, 3.63) is 77.3 Å². The fraction of sp³-hybridized carbons (Fsp3) is 0.182. The molecule has 0 spiro atoms. The van der Waals surface area contributed by atoms with E-state index >= 15 is 0 Å². The van der Waals surface area contributed by atoms with Gasteiger partial charge in [-0.1, -0.05) is 18.2 Å². The second kappa shape index (κ2) is 8.60. The molecule has 1 aliphatic heterocycles. The van der Waals surface area contributed by atoms with Gasteiger partial charge in [0.2, 0.25) is 0 Å². The monoisotopic (exact) mass is 396 g/mol. The van der Waals surface area contributed by atoms with Crippen LogP contribution in [0.1, 0.15) is 23.6 Å². The van der Waals surface area contributed by atoms with E-state index in [1.54, 1.807) is 25.1 Å². The Bertz CT molecular complexity index is 983. The average molecular weight is 396 g/mol. The maximum absolute atomic E-state index is 13.1. The number of ether oxygens (including phenoxy) is 1. The van der Waals surface area contributed by atoms with Crippen molar-refractivity contribution in [2.24, 2.45) is 0 Å². The molecule has 2 aromatic rings. The molecule has 0 saturated carbocycles. The largest absolute Gasteiger partial charge is 0.504 e. The fourth-order valence-electron chi connectivity index (χ4n) is 3.00. The first-order valence-electron chi connectivity index (χ1n) is 9.11. The average Bonchev–Trinajstić information content (AvgIpc) is 2.95. The number of halogens is 1. The number of amides is 3. The summed E-state index contributed by atoms with van der Waals surface area (Å²) >= 11 is 0. The van der Waals surface area contributed by atoms with Crippen molar-refractivity contribution >= 4 is 18.0 Å². The van der Waals surface area contributed by atoms with Gasteiger partial charge in [-0.15, -0.1) is 6.58 Å². The normalized spacial score (nSPS) is 15.0. The molecule has 3 rings (SSSR count). The van der Waals surface area contributed by atoms with Gasteiger partial charge in [0.05, 0.1) is 13.2 Å². The minimum Gasteiger partial charge on any atom is -0.504 e. The number of carbonyl (C=O) groups excluding carboxylic acids is 2. The predicted molar refractivity (Wildman–Crippen MR) is 107 cm³/mol. The van der Waals surface area contributed by atoms with Crippen LogP contribution in [-0.2, 0) is 17.8 Å². The van der Waals surface area contributed by atoms with Crippen molar-refractivity contribution in [1.29, 1.82) is 0 Å².